The van der Waals surface area contributed by atoms with Crippen LogP contribution in [0.1, 0.15) is 22.5 Å². The highest BCUT2D eigenvalue weighted by molar-refractivity contribution is 7.99. The number of carbonyl (C=O) groups is 2. The van der Waals surface area contributed by atoms with Gasteiger partial charge in [0.15, 0.2) is 0 Å². The van der Waals surface area contributed by atoms with Gasteiger partial charge in [0.2, 0.25) is 5.91 Å². The summed E-state index contributed by atoms with van der Waals surface area (Å²) in [7, 11) is 0. The predicted octanol–water partition coefficient (Wildman–Crippen LogP) is 4.86. The van der Waals surface area contributed by atoms with E-state index in [-0.39, 0.29) is 45.6 Å². The average Bonchev–Trinajstić information content (AvgIpc) is 3.09. The molecule has 0 aliphatic rings. The van der Waals surface area contributed by atoms with Gasteiger partial charge in [0.25, 0.3) is 11.7 Å². The highest BCUT2D eigenvalue weighted by atomic mass is 35.5. The van der Waals surface area contributed by atoms with Gasteiger partial charge in [0.1, 0.15) is 0 Å². The molecule has 0 unspecified atom stereocenters. The Balaban J connectivity index is 1.80. The van der Waals surface area contributed by atoms with Gasteiger partial charge in [-0.3, -0.25) is 9.59 Å². The van der Waals surface area contributed by atoms with Crippen LogP contribution < -0.4 is 10.6 Å². The van der Waals surface area contributed by atoms with E-state index in [0.29, 0.717) is 17.8 Å². The third-order valence-corrected chi connectivity index (χ3v) is 5.21. The molecule has 0 fully saturated rings. The third kappa shape index (κ3) is 6.30. The summed E-state index contributed by atoms with van der Waals surface area (Å²) in [5.41, 5.74) is 0.255. The fourth-order valence-electron chi connectivity index (χ4n) is 1.97. The number of alkyl halides is 2. The number of amides is 2. The van der Waals surface area contributed by atoms with Gasteiger partial charge in [-0.25, -0.2) is 0 Å². The molecule has 0 saturated carbocycles. The van der Waals surface area contributed by atoms with Gasteiger partial charge in [-0.2, -0.15) is 8.78 Å². The lowest BCUT2D eigenvalue weighted by Crippen LogP contribution is -2.24. The number of hydrogen-bond donors (Lipinski definition) is 2. The number of benzene rings is 1. The summed E-state index contributed by atoms with van der Waals surface area (Å²) in [6.07, 6.45) is 0.580. The van der Waals surface area contributed by atoms with E-state index in [1.165, 1.54) is 23.5 Å². The lowest BCUT2D eigenvalue weighted by molar-refractivity contribution is -0.116. The molecule has 134 valence electrons. The average molecular weight is 405 g/mol. The van der Waals surface area contributed by atoms with Crippen LogP contribution in [0.25, 0.3) is 0 Å². The summed E-state index contributed by atoms with van der Waals surface area (Å²) in [6.45, 7) is 0.346. The maximum absolute atomic E-state index is 12.6. The maximum atomic E-state index is 12.6. The Morgan fingerprint density at radius 3 is 2.72 bits per heavy atom. The molecule has 2 rings (SSSR count). The molecular weight excluding hydrogens is 390 g/mol. The van der Waals surface area contributed by atoms with Crippen LogP contribution in [0.15, 0.2) is 40.6 Å². The van der Waals surface area contributed by atoms with Gasteiger partial charge in [-0.05, 0) is 30.0 Å². The summed E-state index contributed by atoms with van der Waals surface area (Å²) < 4.78 is 25.2. The van der Waals surface area contributed by atoms with Crippen LogP contribution in [0.5, 0.6) is 0 Å². The van der Waals surface area contributed by atoms with Gasteiger partial charge in [0, 0.05) is 13.0 Å². The lowest BCUT2D eigenvalue weighted by Gasteiger charge is -2.12. The Bertz CT molecular complexity index is 727. The van der Waals surface area contributed by atoms with Crippen molar-refractivity contribution in [2.45, 2.75) is 23.5 Å². The van der Waals surface area contributed by atoms with Crippen LogP contribution in [-0.4, -0.2) is 24.1 Å². The molecule has 2 amide bonds. The number of hydrogen-bond acceptors (Lipinski definition) is 4. The molecule has 0 atom stereocenters. The Kier molecular flexibility index (Phi) is 7.67. The minimum absolute atomic E-state index is 0.138. The SMILES string of the molecule is O=C(CCCNC(=O)c1cccs1)Nc1cccc(Cl)c1SC(F)F. The maximum Gasteiger partial charge on any atom is 0.289 e. The van der Waals surface area contributed by atoms with E-state index in [2.05, 4.69) is 10.6 Å². The molecule has 1 heterocycles. The Morgan fingerprint density at radius 2 is 2.04 bits per heavy atom. The quantitative estimate of drug-likeness (QED) is 0.487. The van der Waals surface area contributed by atoms with E-state index in [4.69, 9.17) is 11.6 Å². The van der Waals surface area contributed by atoms with Crippen molar-refractivity contribution in [3.8, 4) is 0 Å². The number of anilines is 1. The van der Waals surface area contributed by atoms with E-state index < -0.39 is 5.76 Å². The van der Waals surface area contributed by atoms with E-state index >= 15 is 0 Å². The Hall–Kier alpha value is -1.64. The number of thioether (sulfide) groups is 1. The summed E-state index contributed by atoms with van der Waals surface area (Å²) in [5, 5.41) is 7.27. The summed E-state index contributed by atoms with van der Waals surface area (Å²) in [6, 6.07) is 8.09. The molecule has 0 radical (unpaired) electrons. The van der Waals surface area contributed by atoms with E-state index in [9.17, 15) is 18.4 Å². The first-order valence-electron chi connectivity index (χ1n) is 7.32. The van der Waals surface area contributed by atoms with Crippen LogP contribution in [-0.2, 0) is 4.79 Å². The zero-order valence-electron chi connectivity index (χ0n) is 12.9. The lowest BCUT2D eigenvalue weighted by atomic mass is 10.2. The highest BCUT2D eigenvalue weighted by Gasteiger charge is 2.15. The van der Waals surface area contributed by atoms with Crippen LogP contribution >= 0.6 is 34.7 Å². The Morgan fingerprint density at radius 1 is 1.24 bits per heavy atom. The minimum atomic E-state index is -2.64. The molecule has 1 aromatic heterocycles. The summed E-state index contributed by atoms with van der Waals surface area (Å²) in [4.78, 5) is 24.5. The smallest absolute Gasteiger partial charge is 0.289 e. The van der Waals surface area contributed by atoms with Gasteiger partial charge in [-0.1, -0.05) is 35.5 Å². The van der Waals surface area contributed by atoms with Gasteiger partial charge < -0.3 is 10.6 Å². The molecule has 25 heavy (non-hydrogen) atoms. The first-order chi connectivity index (χ1) is 12.0. The van der Waals surface area contributed by atoms with Crippen molar-refractivity contribution < 1.29 is 18.4 Å². The van der Waals surface area contributed by atoms with Crippen LogP contribution in [0.3, 0.4) is 0 Å². The molecule has 0 aliphatic carbocycles. The monoisotopic (exact) mass is 404 g/mol. The van der Waals surface area contributed by atoms with Crippen molar-refractivity contribution in [3.05, 3.63) is 45.6 Å². The van der Waals surface area contributed by atoms with E-state index in [1.54, 1.807) is 18.2 Å². The van der Waals surface area contributed by atoms with Crippen molar-refractivity contribution in [2.24, 2.45) is 0 Å². The number of nitrogens with one attached hydrogen (secondary N) is 2. The van der Waals surface area contributed by atoms with Crippen molar-refractivity contribution in [3.63, 3.8) is 0 Å². The molecule has 2 N–H and O–H groups in total. The second-order valence-electron chi connectivity index (χ2n) is 4.88. The first-order valence-corrected chi connectivity index (χ1v) is 9.46. The molecule has 1 aromatic carbocycles. The van der Waals surface area contributed by atoms with Crippen LogP contribution in [0, 0.1) is 0 Å². The topological polar surface area (TPSA) is 58.2 Å². The second kappa shape index (κ2) is 9.74. The van der Waals surface area contributed by atoms with Crippen LogP contribution in [0.4, 0.5) is 14.5 Å². The molecule has 0 aliphatic heterocycles. The summed E-state index contributed by atoms with van der Waals surface area (Å²) in [5.74, 6) is -3.15. The molecule has 0 spiro atoms. The highest BCUT2D eigenvalue weighted by Crippen LogP contribution is 2.37. The largest absolute Gasteiger partial charge is 0.351 e. The third-order valence-electron chi connectivity index (χ3n) is 3.06. The number of carbonyl (C=O) groups excluding carboxylic acids is 2. The van der Waals surface area contributed by atoms with Gasteiger partial charge in [0.05, 0.1) is 20.5 Å². The molecule has 4 nitrogen and oxygen atoms in total. The number of halogens is 3. The van der Waals surface area contributed by atoms with Gasteiger partial charge >= 0.3 is 0 Å². The van der Waals surface area contributed by atoms with Crippen LogP contribution in [0.2, 0.25) is 5.02 Å². The van der Waals surface area contributed by atoms with E-state index in [0.717, 1.165) is 0 Å². The van der Waals surface area contributed by atoms with E-state index in [1.807, 2.05) is 5.38 Å². The molecular formula is C16H15ClF2N2O2S2. The fraction of sp³-hybridized carbons (Fsp3) is 0.250. The fourth-order valence-corrected chi connectivity index (χ4v) is 3.53. The molecule has 0 bridgehead atoms. The molecule has 0 saturated heterocycles. The predicted molar refractivity (Wildman–Crippen MR) is 97.8 cm³/mol. The molecule has 9 heteroatoms. The van der Waals surface area contributed by atoms with Crippen molar-refractivity contribution >= 4 is 52.2 Å². The number of rotatable bonds is 8. The van der Waals surface area contributed by atoms with Crippen molar-refractivity contribution in [1.82, 2.24) is 5.32 Å². The molecule has 2 aromatic rings. The minimum Gasteiger partial charge on any atom is -0.351 e. The van der Waals surface area contributed by atoms with Crippen molar-refractivity contribution in [2.75, 3.05) is 11.9 Å². The Labute approximate surface area is 156 Å². The van der Waals surface area contributed by atoms with Gasteiger partial charge in [-0.15, -0.1) is 11.3 Å². The zero-order valence-corrected chi connectivity index (χ0v) is 15.3. The van der Waals surface area contributed by atoms with Crippen molar-refractivity contribution in [1.29, 1.82) is 0 Å². The standard InChI is InChI=1S/C16H15ClF2N2O2S2/c17-10-4-1-5-11(14(10)25-16(18)19)21-13(22)7-2-8-20-15(23)12-6-3-9-24-12/h1,3-6,9,16H,2,7-8H2,(H,20,23)(H,21,22). The normalized spacial score (nSPS) is 10.7. The zero-order chi connectivity index (χ0) is 18.2. The first kappa shape index (κ1) is 19.7. The summed E-state index contributed by atoms with van der Waals surface area (Å²) >= 11 is 7.54. The second-order valence-corrected chi connectivity index (χ2v) is 7.24. The number of thiophene rings is 1.